The maximum Gasteiger partial charge on any atom is 0.293 e. The molecule has 0 aromatic heterocycles. The number of aryl methyl sites for hydroxylation is 1. The second kappa shape index (κ2) is 11.0. The molecule has 1 aliphatic rings. The van der Waals surface area contributed by atoms with Crippen LogP contribution in [0, 0.1) is 12.8 Å². The number of hydrogen-bond donors (Lipinski definition) is 2. The predicted molar refractivity (Wildman–Crippen MR) is 129 cm³/mol. The van der Waals surface area contributed by atoms with Crippen molar-refractivity contribution in [1.29, 1.82) is 0 Å². The van der Waals surface area contributed by atoms with E-state index in [4.69, 9.17) is 0 Å². The van der Waals surface area contributed by atoms with Crippen molar-refractivity contribution in [2.45, 2.75) is 26.8 Å². The Morgan fingerprint density at radius 1 is 1.03 bits per heavy atom. The third-order valence-corrected chi connectivity index (χ3v) is 6.14. The molecule has 2 aromatic carbocycles. The van der Waals surface area contributed by atoms with E-state index in [1.165, 1.54) is 0 Å². The fraction of sp³-hybridized carbons (Fsp3) is 0.280. The van der Waals surface area contributed by atoms with E-state index in [-0.39, 0.29) is 42.0 Å². The lowest BCUT2D eigenvalue weighted by Gasteiger charge is -2.22. The number of benzene rings is 2. The lowest BCUT2D eigenvalue weighted by atomic mass is 10.0. The molecule has 7 nitrogen and oxygen atoms in total. The molecule has 4 amide bonds. The molecule has 0 bridgehead atoms. The van der Waals surface area contributed by atoms with Gasteiger partial charge in [-0.25, -0.2) is 0 Å². The molecular formula is C25H27N3O4S. The molecule has 8 heteroatoms. The van der Waals surface area contributed by atoms with Gasteiger partial charge in [-0.2, -0.15) is 0 Å². The summed E-state index contributed by atoms with van der Waals surface area (Å²) in [6, 6.07) is 15.7. The van der Waals surface area contributed by atoms with Gasteiger partial charge in [-0.15, -0.1) is 0 Å². The van der Waals surface area contributed by atoms with Crippen LogP contribution in [0.4, 0.5) is 4.79 Å². The highest BCUT2D eigenvalue weighted by atomic mass is 32.2. The van der Waals surface area contributed by atoms with Crippen LogP contribution >= 0.6 is 11.8 Å². The van der Waals surface area contributed by atoms with Crippen LogP contribution in [0.3, 0.4) is 0 Å². The van der Waals surface area contributed by atoms with Gasteiger partial charge in [0.2, 0.25) is 5.91 Å². The molecule has 1 saturated heterocycles. The van der Waals surface area contributed by atoms with Gasteiger partial charge in [0.15, 0.2) is 0 Å². The molecule has 1 heterocycles. The van der Waals surface area contributed by atoms with Crippen molar-refractivity contribution in [2.75, 3.05) is 13.1 Å². The third kappa shape index (κ3) is 6.10. The SMILES string of the molecule is Cc1ccccc1C(=O)N[C@H](C(=O)NCCN1C(=O)SC(=Cc2ccccc2)C1=O)C(C)C. The molecule has 172 valence electrons. The Bertz CT molecular complexity index is 1080. The van der Waals surface area contributed by atoms with E-state index in [1.54, 1.807) is 18.2 Å². The molecule has 33 heavy (non-hydrogen) atoms. The molecule has 0 spiro atoms. The van der Waals surface area contributed by atoms with Crippen LogP contribution < -0.4 is 10.6 Å². The minimum absolute atomic E-state index is 0.0547. The highest BCUT2D eigenvalue weighted by molar-refractivity contribution is 8.18. The lowest BCUT2D eigenvalue weighted by molar-refractivity contribution is -0.125. The van der Waals surface area contributed by atoms with Crippen LogP contribution in [0.25, 0.3) is 6.08 Å². The summed E-state index contributed by atoms with van der Waals surface area (Å²) in [4.78, 5) is 51.8. The Balaban J connectivity index is 1.57. The van der Waals surface area contributed by atoms with Gasteiger partial charge in [-0.3, -0.25) is 24.1 Å². The number of thioether (sulfide) groups is 1. The highest BCUT2D eigenvalue weighted by Crippen LogP contribution is 2.31. The molecule has 0 aliphatic carbocycles. The van der Waals surface area contributed by atoms with Gasteiger partial charge in [0.25, 0.3) is 17.1 Å². The fourth-order valence-electron chi connectivity index (χ4n) is 3.38. The molecule has 3 rings (SSSR count). The zero-order valence-electron chi connectivity index (χ0n) is 18.8. The number of carbonyl (C=O) groups excluding carboxylic acids is 4. The second-order valence-corrected chi connectivity index (χ2v) is 9.04. The predicted octanol–water partition coefficient (Wildman–Crippen LogP) is 3.60. The first-order valence-electron chi connectivity index (χ1n) is 10.7. The monoisotopic (exact) mass is 465 g/mol. The van der Waals surface area contributed by atoms with E-state index in [0.29, 0.717) is 10.5 Å². The summed E-state index contributed by atoms with van der Waals surface area (Å²) in [6.07, 6.45) is 1.68. The van der Waals surface area contributed by atoms with Crippen LogP contribution in [0.2, 0.25) is 0 Å². The summed E-state index contributed by atoms with van der Waals surface area (Å²) >= 11 is 0.883. The smallest absolute Gasteiger partial charge is 0.293 e. The zero-order chi connectivity index (χ0) is 24.0. The van der Waals surface area contributed by atoms with Crippen LogP contribution in [0.15, 0.2) is 59.5 Å². The molecule has 0 saturated carbocycles. The Morgan fingerprint density at radius 2 is 1.70 bits per heavy atom. The number of amides is 4. The highest BCUT2D eigenvalue weighted by Gasteiger charge is 2.35. The lowest BCUT2D eigenvalue weighted by Crippen LogP contribution is -2.51. The molecule has 2 N–H and O–H groups in total. The Hall–Kier alpha value is -3.39. The third-order valence-electron chi connectivity index (χ3n) is 5.23. The molecule has 1 atom stereocenters. The van der Waals surface area contributed by atoms with E-state index >= 15 is 0 Å². The zero-order valence-corrected chi connectivity index (χ0v) is 19.6. The number of imide groups is 1. The number of rotatable bonds is 8. The van der Waals surface area contributed by atoms with Gasteiger partial charge >= 0.3 is 0 Å². The summed E-state index contributed by atoms with van der Waals surface area (Å²) in [5.74, 6) is -1.21. The standard InChI is InChI=1S/C25H27N3O4S/c1-16(2)21(27-22(29)19-12-8-7-9-17(19)3)23(30)26-13-14-28-24(31)20(33-25(28)32)15-18-10-5-4-6-11-18/h4-12,15-16,21H,13-14H2,1-3H3,(H,26,30)(H,27,29)/t21-/m0/s1. The van der Waals surface area contributed by atoms with E-state index < -0.39 is 6.04 Å². The number of carbonyl (C=O) groups is 4. The first-order chi connectivity index (χ1) is 15.8. The van der Waals surface area contributed by atoms with Crippen molar-refractivity contribution in [3.63, 3.8) is 0 Å². The number of nitrogens with one attached hydrogen (secondary N) is 2. The van der Waals surface area contributed by atoms with Crippen molar-refractivity contribution in [1.82, 2.24) is 15.5 Å². The first kappa shape index (κ1) is 24.3. The van der Waals surface area contributed by atoms with Crippen LogP contribution in [-0.4, -0.2) is 47.0 Å². The summed E-state index contributed by atoms with van der Waals surface area (Å²) < 4.78 is 0. The molecule has 0 radical (unpaired) electrons. The maximum absolute atomic E-state index is 12.7. The van der Waals surface area contributed by atoms with Crippen LogP contribution in [0.1, 0.15) is 35.3 Å². The van der Waals surface area contributed by atoms with Gasteiger partial charge in [0, 0.05) is 18.7 Å². The Kier molecular flexibility index (Phi) is 8.06. The average Bonchev–Trinajstić information content (AvgIpc) is 3.05. The van der Waals surface area contributed by atoms with Gasteiger partial charge in [-0.1, -0.05) is 62.4 Å². The number of hydrogen-bond acceptors (Lipinski definition) is 5. The largest absolute Gasteiger partial charge is 0.353 e. The fourth-order valence-corrected chi connectivity index (χ4v) is 4.24. The Labute approximate surface area is 197 Å². The van der Waals surface area contributed by atoms with E-state index in [0.717, 1.165) is 27.8 Å². The van der Waals surface area contributed by atoms with Crippen molar-refractivity contribution in [3.8, 4) is 0 Å². The first-order valence-corrected chi connectivity index (χ1v) is 11.5. The van der Waals surface area contributed by atoms with Gasteiger partial charge in [0.1, 0.15) is 6.04 Å². The van der Waals surface area contributed by atoms with Crippen molar-refractivity contribution in [3.05, 3.63) is 76.2 Å². The van der Waals surface area contributed by atoms with Crippen molar-refractivity contribution < 1.29 is 19.2 Å². The second-order valence-electron chi connectivity index (χ2n) is 8.05. The van der Waals surface area contributed by atoms with E-state index in [1.807, 2.05) is 63.2 Å². The summed E-state index contributed by atoms with van der Waals surface area (Å²) in [6.45, 7) is 5.67. The van der Waals surface area contributed by atoms with Gasteiger partial charge < -0.3 is 10.6 Å². The number of nitrogens with zero attached hydrogens (tertiary/aromatic N) is 1. The molecular weight excluding hydrogens is 438 g/mol. The van der Waals surface area contributed by atoms with Crippen LogP contribution in [0.5, 0.6) is 0 Å². The van der Waals surface area contributed by atoms with Crippen molar-refractivity contribution in [2.24, 2.45) is 5.92 Å². The molecule has 1 aliphatic heterocycles. The summed E-state index contributed by atoms with van der Waals surface area (Å²) in [7, 11) is 0. The van der Waals surface area contributed by atoms with Crippen LogP contribution in [-0.2, 0) is 9.59 Å². The minimum atomic E-state index is -0.745. The molecule has 1 fully saturated rings. The minimum Gasteiger partial charge on any atom is -0.353 e. The van der Waals surface area contributed by atoms with E-state index in [2.05, 4.69) is 10.6 Å². The van der Waals surface area contributed by atoms with E-state index in [9.17, 15) is 19.2 Å². The summed E-state index contributed by atoms with van der Waals surface area (Å²) in [5.41, 5.74) is 2.17. The Morgan fingerprint density at radius 3 is 2.36 bits per heavy atom. The maximum atomic E-state index is 12.7. The normalized spacial score (nSPS) is 15.8. The summed E-state index contributed by atoms with van der Waals surface area (Å²) in [5, 5.41) is 5.16. The quantitative estimate of drug-likeness (QED) is 0.581. The van der Waals surface area contributed by atoms with Crippen molar-refractivity contribution >= 4 is 40.8 Å². The topological polar surface area (TPSA) is 95.6 Å². The average molecular weight is 466 g/mol. The van der Waals surface area contributed by atoms with Gasteiger partial charge in [-0.05, 0) is 47.9 Å². The molecule has 2 aromatic rings. The molecule has 0 unspecified atom stereocenters. The van der Waals surface area contributed by atoms with Gasteiger partial charge in [0.05, 0.1) is 4.91 Å².